The first-order chi connectivity index (χ1) is 11.8. The Morgan fingerprint density at radius 3 is 2.72 bits per heavy atom. The zero-order chi connectivity index (χ0) is 18.1. The lowest BCUT2D eigenvalue weighted by molar-refractivity contribution is -0.117. The number of nitrogens with one attached hydrogen (secondary N) is 2. The maximum absolute atomic E-state index is 11.1. The van der Waals surface area contributed by atoms with E-state index in [1.54, 1.807) is 12.1 Å². The lowest BCUT2D eigenvalue weighted by atomic mass is 10.1. The summed E-state index contributed by atoms with van der Waals surface area (Å²) in [5.74, 6) is 0.171. The smallest absolute Gasteiger partial charge is 0.227 e. The predicted octanol–water partition coefficient (Wildman–Crippen LogP) is 4.94. The summed E-state index contributed by atoms with van der Waals surface area (Å²) in [4.78, 5) is 15.5. The van der Waals surface area contributed by atoms with Crippen LogP contribution in [-0.2, 0) is 4.79 Å². The van der Waals surface area contributed by atoms with Crippen LogP contribution in [0.3, 0.4) is 0 Å². The average Bonchev–Trinajstić information content (AvgIpc) is 2.92. The van der Waals surface area contributed by atoms with Gasteiger partial charge in [-0.25, -0.2) is 4.98 Å². The summed E-state index contributed by atoms with van der Waals surface area (Å²) in [5.41, 5.74) is 3.49. The van der Waals surface area contributed by atoms with E-state index in [2.05, 4.69) is 15.6 Å². The number of anilines is 1. The number of carbonyl (C=O) groups excluding carboxylic acids is 1. The molecule has 0 unspecified atom stereocenters. The number of hydrogen-bond donors (Lipinski definition) is 2. The molecule has 5 nitrogen and oxygen atoms in total. The number of thiocarbonyl (C=S) groups is 1. The normalized spacial score (nSPS) is 10.7. The summed E-state index contributed by atoms with van der Waals surface area (Å²) in [6.45, 7) is 3.32. The maximum atomic E-state index is 11.1. The molecule has 0 spiro atoms. The zero-order valence-electron chi connectivity index (χ0n) is 13.3. The lowest BCUT2D eigenvalue weighted by Crippen LogP contribution is -2.32. The van der Waals surface area contributed by atoms with Crippen molar-refractivity contribution in [1.29, 1.82) is 0 Å². The molecule has 1 amide bonds. The van der Waals surface area contributed by atoms with Gasteiger partial charge in [0.2, 0.25) is 11.8 Å². The van der Waals surface area contributed by atoms with Crippen LogP contribution in [0.5, 0.6) is 0 Å². The molecule has 3 aromatic rings. The highest BCUT2D eigenvalue weighted by Crippen LogP contribution is 2.33. The molecule has 0 radical (unpaired) electrons. The van der Waals surface area contributed by atoms with Gasteiger partial charge in [0.05, 0.1) is 5.02 Å². The van der Waals surface area contributed by atoms with Crippen molar-refractivity contribution < 1.29 is 9.21 Å². The topological polar surface area (TPSA) is 67.2 Å². The summed E-state index contributed by atoms with van der Waals surface area (Å²) in [6.07, 6.45) is 0. The van der Waals surface area contributed by atoms with E-state index >= 15 is 0 Å². The van der Waals surface area contributed by atoms with E-state index in [-0.39, 0.29) is 11.0 Å². The van der Waals surface area contributed by atoms with Crippen LogP contribution in [-0.4, -0.2) is 16.0 Å². The van der Waals surface area contributed by atoms with Gasteiger partial charge in [-0.15, -0.1) is 0 Å². The summed E-state index contributed by atoms with van der Waals surface area (Å²) in [5, 5.41) is 6.63. The first kappa shape index (κ1) is 17.7. The van der Waals surface area contributed by atoms with E-state index in [9.17, 15) is 4.79 Å². The first-order valence-corrected chi connectivity index (χ1v) is 8.45. The van der Waals surface area contributed by atoms with Gasteiger partial charge in [0.15, 0.2) is 10.7 Å². The standard InChI is InChI=1S/C17H13Cl2N3O2S/c1-8-3-4-10(5-13(8)22-17(25)20-9(2)23)16-21-14-7-11(18)6-12(19)15(14)24-16/h3-7H,1-2H3,(H2,20,22,23,25). The highest BCUT2D eigenvalue weighted by Gasteiger charge is 2.13. The molecule has 0 aliphatic carbocycles. The van der Waals surface area contributed by atoms with Crippen LogP contribution in [0.4, 0.5) is 5.69 Å². The lowest BCUT2D eigenvalue weighted by Gasteiger charge is -2.11. The van der Waals surface area contributed by atoms with Gasteiger partial charge < -0.3 is 15.1 Å². The molecule has 1 heterocycles. The number of carbonyl (C=O) groups is 1. The number of aryl methyl sites for hydroxylation is 1. The highest BCUT2D eigenvalue weighted by molar-refractivity contribution is 7.80. The van der Waals surface area contributed by atoms with Gasteiger partial charge in [-0.3, -0.25) is 4.79 Å². The number of rotatable bonds is 2. The van der Waals surface area contributed by atoms with Crippen LogP contribution >= 0.6 is 35.4 Å². The molecular formula is C17H13Cl2N3O2S. The third-order valence-corrected chi connectivity index (χ3v) is 4.13. The van der Waals surface area contributed by atoms with Crippen molar-refractivity contribution in [3.8, 4) is 11.5 Å². The summed E-state index contributed by atoms with van der Waals surface area (Å²) in [7, 11) is 0. The number of fused-ring (bicyclic) bond motifs is 1. The Hall–Kier alpha value is -2.15. The van der Waals surface area contributed by atoms with E-state index in [4.69, 9.17) is 39.8 Å². The molecule has 0 atom stereocenters. The Bertz CT molecular complexity index is 1000. The second-order valence-electron chi connectivity index (χ2n) is 5.42. The molecule has 8 heteroatoms. The fourth-order valence-corrected chi connectivity index (χ4v) is 3.06. The van der Waals surface area contributed by atoms with Gasteiger partial charge in [0.1, 0.15) is 5.52 Å². The van der Waals surface area contributed by atoms with Crippen LogP contribution in [0.25, 0.3) is 22.6 Å². The molecule has 2 N–H and O–H groups in total. The summed E-state index contributed by atoms with van der Waals surface area (Å²) in [6, 6.07) is 8.91. The Morgan fingerprint density at radius 1 is 1.24 bits per heavy atom. The minimum Gasteiger partial charge on any atom is -0.435 e. The largest absolute Gasteiger partial charge is 0.435 e. The van der Waals surface area contributed by atoms with Crippen LogP contribution in [0, 0.1) is 6.92 Å². The molecule has 0 fully saturated rings. The van der Waals surface area contributed by atoms with Crippen LogP contribution in [0.15, 0.2) is 34.7 Å². The minimum atomic E-state index is -0.239. The number of aromatic nitrogens is 1. The van der Waals surface area contributed by atoms with Crippen molar-refractivity contribution in [2.45, 2.75) is 13.8 Å². The van der Waals surface area contributed by atoms with Crippen molar-refractivity contribution >= 4 is 63.2 Å². The van der Waals surface area contributed by atoms with Gasteiger partial charge in [0, 0.05) is 23.2 Å². The van der Waals surface area contributed by atoms with Crippen LogP contribution < -0.4 is 10.6 Å². The first-order valence-electron chi connectivity index (χ1n) is 7.28. The molecule has 1 aromatic heterocycles. The van der Waals surface area contributed by atoms with Gasteiger partial charge in [-0.1, -0.05) is 29.3 Å². The Kier molecular flexibility index (Phi) is 4.94. The number of oxazole rings is 1. The van der Waals surface area contributed by atoms with Crippen LogP contribution in [0.2, 0.25) is 10.0 Å². The molecule has 128 valence electrons. The molecule has 2 aromatic carbocycles. The molecule has 0 aliphatic heterocycles. The molecule has 0 saturated heterocycles. The molecular weight excluding hydrogens is 381 g/mol. The van der Waals surface area contributed by atoms with Gasteiger partial charge in [0.25, 0.3) is 0 Å². The van der Waals surface area contributed by atoms with Crippen molar-refractivity contribution in [3.63, 3.8) is 0 Å². The highest BCUT2D eigenvalue weighted by atomic mass is 35.5. The number of benzene rings is 2. The second-order valence-corrected chi connectivity index (χ2v) is 6.67. The van der Waals surface area contributed by atoms with Crippen molar-refractivity contribution in [1.82, 2.24) is 10.3 Å². The maximum Gasteiger partial charge on any atom is 0.227 e. The Balaban J connectivity index is 1.98. The van der Waals surface area contributed by atoms with Gasteiger partial charge in [-0.2, -0.15) is 0 Å². The predicted molar refractivity (Wildman–Crippen MR) is 104 cm³/mol. The van der Waals surface area contributed by atoms with E-state index in [0.717, 1.165) is 16.8 Å². The van der Waals surface area contributed by atoms with E-state index in [0.29, 0.717) is 27.0 Å². The second kappa shape index (κ2) is 7.00. The summed E-state index contributed by atoms with van der Waals surface area (Å²) < 4.78 is 5.77. The number of amides is 1. The number of hydrogen-bond acceptors (Lipinski definition) is 4. The van der Waals surface area contributed by atoms with E-state index in [1.165, 1.54) is 6.92 Å². The van der Waals surface area contributed by atoms with E-state index in [1.807, 2.05) is 25.1 Å². The SMILES string of the molecule is CC(=O)NC(=S)Nc1cc(-c2nc3cc(Cl)cc(Cl)c3o2)ccc1C. The van der Waals surface area contributed by atoms with Crippen LogP contribution in [0.1, 0.15) is 12.5 Å². The van der Waals surface area contributed by atoms with Gasteiger partial charge in [-0.05, 0) is 49.0 Å². The monoisotopic (exact) mass is 393 g/mol. The van der Waals surface area contributed by atoms with Crippen molar-refractivity contribution in [2.24, 2.45) is 0 Å². The van der Waals surface area contributed by atoms with Crippen molar-refractivity contribution in [2.75, 3.05) is 5.32 Å². The molecule has 3 rings (SSSR count). The third-order valence-electron chi connectivity index (χ3n) is 3.43. The Morgan fingerprint density at radius 2 is 2.00 bits per heavy atom. The quantitative estimate of drug-likeness (QED) is 0.603. The zero-order valence-corrected chi connectivity index (χ0v) is 15.6. The average molecular weight is 394 g/mol. The number of nitrogens with zero attached hydrogens (tertiary/aromatic N) is 1. The molecule has 0 saturated carbocycles. The molecule has 25 heavy (non-hydrogen) atoms. The van der Waals surface area contributed by atoms with Gasteiger partial charge >= 0.3 is 0 Å². The molecule has 0 bridgehead atoms. The summed E-state index contributed by atoms with van der Waals surface area (Å²) >= 11 is 17.2. The van der Waals surface area contributed by atoms with E-state index < -0.39 is 0 Å². The minimum absolute atomic E-state index is 0.222. The number of halogens is 2. The fourth-order valence-electron chi connectivity index (χ4n) is 2.29. The van der Waals surface area contributed by atoms with Crippen molar-refractivity contribution in [3.05, 3.63) is 45.9 Å². The third kappa shape index (κ3) is 3.92. The Labute approximate surface area is 159 Å². The fraction of sp³-hybridized carbons (Fsp3) is 0.118. The molecule has 0 aliphatic rings.